The van der Waals surface area contributed by atoms with Gasteiger partial charge in [0.25, 0.3) is 0 Å². The van der Waals surface area contributed by atoms with Crippen LogP contribution in [0.15, 0.2) is 24.0 Å². The molecule has 0 heterocycles. The second kappa shape index (κ2) is 2.72. The molecule has 3 aliphatic carbocycles. The summed E-state index contributed by atoms with van der Waals surface area (Å²) in [6, 6.07) is 0. The summed E-state index contributed by atoms with van der Waals surface area (Å²) in [5.41, 5.74) is 0. The zero-order chi connectivity index (χ0) is 9.71. The molecule has 0 aliphatic heterocycles. The molecule has 1 fully saturated rings. The van der Waals surface area contributed by atoms with E-state index in [9.17, 15) is 4.79 Å². The molecule has 0 aromatic heterocycles. The highest BCUT2D eigenvalue weighted by Crippen LogP contribution is 2.55. The highest BCUT2D eigenvalue weighted by atomic mass is 16.5. The quantitative estimate of drug-likeness (QED) is 0.468. The number of esters is 1. The average molecular weight is 190 g/mol. The summed E-state index contributed by atoms with van der Waals surface area (Å²) in [6.45, 7) is 1.48. The Morgan fingerprint density at radius 2 is 2.43 bits per heavy atom. The highest BCUT2D eigenvalue weighted by molar-refractivity contribution is 5.67. The summed E-state index contributed by atoms with van der Waals surface area (Å²) < 4.78 is 5.25. The van der Waals surface area contributed by atoms with Crippen molar-refractivity contribution in [2.75, 3.05) is 0 Å². The summed E-state index contributed by atoms with van der Waals surface area (Å²) in [7, 11) is 0. The molecule has 3 aliphatic rings. The van der Waals surface area contributed by atoms with Crippen molar-refractivity contribution in [3.05, 3.63) is 24.0 Å². The molecule has 0 aromatic rings. The van der Waals surface area contributed by atoms with Crippen LogP contribution in [0.2, 0.25) is 0 Å². The summed E-state index contributed by atoms with van der Waals surface area (Å²) >= 11 is 0. The molecule has 0 N–H and O–H groups in total. The van der Waals surface area contributed by atoms with Crippen molar-refractivity contribution >= 4 is 5.97 Å². The number of rotatable bonds is 1. The average Bonchev–Trinajstić information content (AvgIpc) is 2.68. The predicted molar refractivity (Wildman–Crippen MR) is 52.2 cm³/mol. The molecule has 0 aromatic carbocycles. The van der Waals surface area contributed by atoms with E-state index in [2.05, 4.69) is 18.2 Å². The minimum absolute atomic E-state index is 0.175. The maximum Gasteiger partial charge on any atom is 0.307 e. The van der Waals surface area contributed by atoms with E-state index in [0.717, 1.165) is 17.6 Å². The van der Waals surface area contributed by atoms with Crippen molar-refractivity contribution in [2.24, 2.45) is 23.7 Å². The van der Waals surface area contributed by atoms with Crippen LogP contribution in [0.4, 0.5) is 0 Å². The topological polar surface area (TPSA) is 26.3 Å². The Hall–Kier alpha value is -1.05. The fourth-order valence-corrected chi connectivity index (χ4v) is 3.33. The van der Waals surface area contributed by atoms with Crippen molar-refractivity contribution in [1.82, 2.24) is 0 Å². The van der Waals surface area contributed by atoms with Crippen LogP contribution in [0, 0.1) is 23.7 Å². The van der Waals surface area contributed by atoms with Gasteiger partial charge in [-0.25, -0.2) is 0 Å². The van der Waals surface area contributed by atoms with Crippen LogP contribution in [0.1, 0.15) is 19.8 Å². The van der Waals surface area contributed by atoms with E-state index in [1.54, 1.807) is 0 Å². The van der Waals surface area contributed by atoms with Crippen molar-refractivity contribution < 1.29 is 9.53 Å². The number of hydrogen-bond acceptors (Lipinski definition) is 2. The molecule has 1 saturated carbocycles. The van der Waals surface area contributed by atoms with Gasteiger partial charge in [-0.15, -0.1) is 0 Å². The Morgan fingerprint density at radius 3 is 3.21 bits per heavy atom. The smallest absolute Gasteiger partial charge is 0.307 e. The standard InChI is InChI=1S/C12H14O2/c1-7(13)14-12-6-8-5-11(12)10-4-2-3-9(8)10/h2-3,6,8-11H,4-5H2,1H3. The Labute approximate surface area is 83.6 Å². The van der Waals surface area contributed by atoms with Crippen LogP contribution in [0.3, 0.4) is 0 Å². The molecule has 2 nitrogen and oxygen atoms in total. The predicted octanol–water partition coefficient (Wildman–Crippen LogP) is 2.28. The van der Waals surface area contributed by atoms with Crippen molar-refractivity contribution in [2.45, 2.75) is 19.8 Å². The van der Waals surface area contributed by atoms with Gasteiger partial charge in [-0.3, -0.25) is 4.79 Å². The Balaban J connectivity index is 1.84. The van der Waals surface area contributed by atoms with Crippen molar-refractivity contribution in [3.63, 3.8) is 0 Å². The van der Waals surface area contributed by atoms with E-state index in [-0.39, 0.29) is 5.97 Å². The van der Waals surface area contributed by atoms with Gasteiger partial charge >= 0.3 is 5.97 Å². The van der Waals surface area contributed by atoms with Crippen molar-refractivity contribution in [1.29, 1.82) is 0 Å². The van der Waals surface area contributed by atoms with Gasteiger partial charge in [-0.1, -0.05) is 12.2 Å². The SMILES string of the molecule is CC(=O)OC1=CC2CC1C1CC=CC21. The molecule has 4 atom stereocenters. The molecule has 3 rings (SSSR count). The van der Waals surface area contributed by atoms with Crippen LogP contribution in [0.25, 0.3) is 0 Å². The number of fused-ring (bicyclic) bond motifs is 5. The van der Waals surface area contributed by atoms with E-state index in [1.165, 1.54) is 19.8 Å². The summed E-state index contributed by atoms with van der Waals surface area (Å²) in [6.07, 6.45) is 9.16. The van der Waals surface area contributed by atoms with Gasteiger partial charge in [0, 0.05) is 12.8 Å². The van der Waals surface area contributed by atoms with E-state index >= 15 is 0 Å². The monoisotopic (exact) mass is 190 g/mol. The second-order valence-electron chi connectivity index (χ2n) is 4.57. The number of hydrogen-bond donors (Lipinski definition) is 0. The third-order valence-corrected chi connectivity index (χ3v) is 3.80. The molecule has 0 spiro atoms. The van der Waals surface area contributed by atoms with Crippen molar-refractivity contribution in [3.8, 4) is 0 Å². The molecule has 4 unspecified atom stereocenters. The van der Waals surface area contributed by atoms with E-state index in [0.29, 0.717) is 11.8 Å². The lowest BCUT2D eigenvalue weighted by molar-refractivity contribution is -0.137. The van der Waals surface area contributed by atoms with Gasteiger partial charge in [-0.05, 0) is 36.7 Å². The maximum absolute atomic E-state index is 10.9. The van der Waals surface area contributed by atoms with Crippen LogP contribution < -0.4 is 0 Å². The second-order valence-corrected chi connectivity index (χ2v) is 4.57. The molecular formula is C12H14O2. The summed E-state index contributed by atoms with van der Waals surface area (Å²) in [5.74, 6) is 3.39. The van der Waals surface area contributed by atoms with E-state index in [1.807, 2.05) is 0 Å². The Morgan fingerprint density at radius 1 is 1.57 bits per heavy atom. The number of carbonyl (C=O) groups is 1. The fourth-order valence-electron chi connectivity index (χ4n) is 3.33. The molecule has 0 amide bonds. The van der Waals surface area contributed by atoms with Crippen LogP contribution in [0.5, 0.6) is 0 Å². The summed E-state index contributed by atoms with van der Waals surface area (Å²) in [5, 5.41) is 0. The molecule has 2 heteroatoms. The molecule has 74 valence electrons. The molecule has 2 bridgehead atoms. The normalized spacial score (nSPS) is 42.5. The number of carbonyl (C=O) groups excluding carboxylic acids is 1. The lowest BCUT2D eigenvalue weighted by Gasteiger charge is -2.23. The van der Waals surface area contributed by atoms with Crippen LogP contribution >= 0.6 is 0 Å². The first-order chi connectivity index (χ1) is 6.75. The van der Waals surface area contributed by atoms with Gasteiger partial charge in [-0.2, -0.15) is 0 Å². The number of ether oxygens (including phenoxy) is 1. The maximum atomic E-state index is 10.9. The highest BCUT2D eigenvalue weighted by Gasteiger charge is 2.49. The van der Waals surface area contributed by atoms with Gasteiger partial charge in [0.2, 0.25) is 0 Å². The molecule has 14 heavy (non-hydrogen) atoms. The van der Waals surface area contributed by atoms with Crippen LogP contribution in [-0.4, -0.2) is 5.97 Å². The summed E-state index contributed by atoms with van der Waals surface area (Å²) in [4.78, 5) is 10.9. The van der Waals surface area contributed by atoms with Gasteiger partial charge in [0.05, 0.1) is 0 Å². The first kappa shape index (κ1) is 8.27. The molecule has 0 saturated heterocycles. The first-order valence-corrected chi connectivity index (χ1v) is 5.32. The number of allylic oxidation sites excluding steroid dienone is 4. The van der Waals surface area contributed by atoms with Gasteiger partial charge in [0.1, 0.15) is 5.76 Å². The Bertz CT molecular complexity index is 340. The minimum atomic E-state index is -0.175. The molecular weight excluding hydrogens is 176 g/mol. The zero-order valence-electron chi connectivity index (χ0n) is 8.27. The Kier molecular flexibility index (Phi) is 1.61. The molecule has 0 radical (unpaired) electrons. The zero-order valence-corrected chi connectivity index (χ0v) is 8.27. The van der Waals surface area contributed by atoms with Gasteiger partial charge < -0.3 is 4.74 Å². The minimum Gasteiger partial charge on any atom is -0.431 e. The lowest BCUT2D eigenvalue weighted by atomic mass is 9.85. The van der Waals surface area contributed by atoms with E-state index in [4.69, 9.17) is 4.74 Å². The first-order valence-electron chi connectivity index (χ1n) is 5.32. The lowest BCUT2D eigenvalue weighted by Crippen LogP contribution is -2.19. The fraction of sp³-hybridized carbons (Fsp3) is 0.583. The van der Waals surface area contributed by atoms with E-state index < -0.39 is 0 Å². The van der Waals surface area contributed by atoms with Gasteiger partial charge in [0.15, 0.2) is 0 Å². The van der Waals surface area contributed by atoms with Crippen LogP contribution in [-0.2, 0) is 9.53 Å². The largest absolute Gasteiger partial charge is 0.431 e. The third-order valence-electron chi connectivity index (χ3n) is 3.80. The third kappa shape index (κ3) is 0.999.